The number of aliphatic hydroxyl groups excluding tert-OH is 4. The van der Waals surface area contributed by atoms with Crippen molar-refractivity contribution < 1.29 is 141 Å². The van der Waals surface area contributed by atoms with E-state index in [9.17, 15) is 141 Å². The maximum atomic E-state index is 14.7. The number of thiol groups is 1. The summed E-state index contributed by atoms with van der Waals surface area (Å²) in [5.41, 5.74) is 33.3. The number of aromatic nitrogens is 2. The van der Waals surface area contributed by atoms with Gasteiger partial charge in [0.05, 0.1) is 50.9 Å². The second kappa shape index (κ2) is 68.5. The first-order valence-electron chi connectivity index (χ1n) is 48.4. The fourth-order valence-corrected chi connectivity index (χ4v) is 14.6. The highest BCUT2D eigenvalue weighted by atomic mass is 32.1. The van der Waals surface area contributed by atoms with Crippen LogP contribution in [0.5, 0.6) is 0 Å². The number of unbranched alkanes of at least 4 members (excludes halogenated alkanes) is 2. The molecule has 37 N–H and O–H groups in total. The third-order valence-electron chi connectivity index (χ3n) is 22.1. The van der Waals surface area contributed by atoms with Crippen LogP contribution < -0.4 is 130 Å². The Labute approximate surface area is 851 Å². The zero-order valence-corrected chi connectivity index (χ0v) is 85.8. The Morgan fingerprint density at radius 2 is 0.651 bits per heavy atom. The minimum atomic E-state index is -1.98. The number of hydrogen-bond donors (Lipinski definition) is 32. The second-order valence-corrected chi connectivity index (χ2v) is 38.3. The van der Waals surface area contributed by atoms with Crippen molar-refractivity contribution in [2.75, 3.05) is 45.2 Å². The molecule has 19 atom stereocenters. The lowest BCUT2D eigenvalue weighted by Crippen LogP contribution is -2.63. The third-order valence-corrected chi connectivity index (χ3v) is 22.5. The molecule has 55 nitrogen and oxygen atoms in total. The molecule has 0 unspecified atom stereocenters. The summed E-state index contributed by atoms with van der Waals surface area (Å²) in [6.07, 6.45) is -3.57. The number of hydrogen-bond acceptors (Lipinski definition) is 32. The standard InChI is InChI=1S/C90H156N26O29S/c1-42(2)28-56(111-88(142)71(47(11)12)115-87(141)65(40-146)114-89(143)72(48(13)120)116-86(140)64(39-119)113-82(136)60(32-46(9)10)109-84(138)62(34-68(96)123)105-73(127)50(93)37-117)74(128)98-36-69(124)100-51(18-14-16-26-91)75(129)106-59(31-45(7)8)81(135)112-63(38-118)85(139)103-53(20-23-66(94)121)77(131)102-54(22-25-70(125)126)78(132)108-58(30-44(5)6)80(134)110-61(33-49-35-97-41-99-49)83(137)101-52(19-15-17-27-92)76(130)107-57(29-43(3)4)79(133)104-55(90(144)145)21-24-67(95)122/h35,41-48,50-65,71-72,117-120,146H,14-34,36-40,91-93H2,1-13H3,(H2,94,121)(H2,95,122)(H2,96,123)(H,97,99)(H,98,128)(H,100,124)(H,101,137)(H,102,131)(H,103,139)(H,104,133)(H,105,127)(H,106,129)(H,107,130)(H,108,132)(H,109,138)(H,110,134)(H,111,142)(H,112,135)(H,113,136)(H,114,143)(H,115,141)(H,116,140)(H,125,126)(H,144,145)/t48-,50+,51+,52+,53+,54+,55+,56+,57+,58+,59+,60+,61+,62+,63+,64+,65+,71+,72+/m1/s1. The number of H-pyrrole nitrogens is 1. The van der Waals surface area contributed by atoms with Crippen molar-refractivity contribution in [2.45, 2.75) is 327 Å². The normalized spacial score (nSPS) is 15.3. The fourth-order valence-electron chi connectivity index (χ4n) is 14.4. The lowest BCUT2D eigenvalue weighted by Gasteiger charge is -2.29. The number of nitrogens with zero attached hydrogens (tertiary/aromatic N) is 1. The second-order valence-electron chi connectivity index (χ2n) is 37.9. The molecule has 0 aromatic carbocycles. The summed E-state index contributed by atoms with van der Waals surface area (Å²) >= 11 is 4.20. The molecule has 0 saturated carbocycles. The number of carbonyl (C=O) groups is 23. The molecule has 0 spiro atoms. The van der Waals surface area contributed by atoms with E-state index in [4.69, 9.17) is 34.4 Å². The summed E-state index contributed by atoms with van der Waals surface area (Å²) < 4.78 is 0. The van der Waals surface area contributed by atoms with Crippen molar-refractivity contribution in [3.05, 3.63) is 18.2 Å². The lowest BCUT2D eigenvalue weighted by atomic mass is 9.99. The van der Waals surface area contributed by atoms with Gasteiger partial charge in [-0.15, -0.1) is 0 Å². The largest absolute Gasteiger partial charge is 0.481 e. The van der Waals surface area contributed by atoms with E-state index in [1.807, 2.05) is 0 Å². The van der Waals surface area contributed by atoms with E-state index in [1.54, 1.807) is 69.2 Å². The molecule has 21 amide bonds. The predicted octanol–water partition coefficient (Wildman–Crippen LogP) is -10.6. The van der Waals surface area contributed by atoms with E-state index in [2.05, 4.69) is 118 Å². The molecule has 1 aromatic heterocycles. The topological polar surface area (TPSA) is 915 Å². The molecule has 0 aliphatic rings. The van der Waals surface area contributed by atoms with Crippen molar-refractivity contribution in [2.24, 2.45) is 69.9 Å². The van der Waals surface area contributed by atoms with Crippen LogP contribution in [0, 0.1) is 35.5 Å². The van der Waals surface area contributed by atoms with Crippen LogP contribution in [0.25, 0.3) is 0 Å². The van der Waals surface area contributed by atoms with Crippen molar-refractivity contribution >= 4 is 149 Å². The van der Waals surface area contributed by atoms with E-state index in [0.29, 0.717) is 12.8 Å². The summed E-state index contributed by atoms with van der Waals surface area (Å²) in [7, 11) is 0. The van der Waals surface area contributed by atoms with Gasteiger partial charge in [0.2, 0.25) is 124 Å². The first kappa shape index (κ1) is 131. The average molecular weight is 2100 g/mol. The molecule has 1 rings (SSSR count). The maximum Gasteiger partial charge on any atom is 0.326 e. The van der Waals surface area contributed by atoms with Gasteiger partial charge in [0.1, 0.15) is 109 Å². The number of nitrogens with one attached hydrogen (secondary N) is 19. The van der Waals surface area contributed by atoms with Gasteiger partial charge in [0.15, 0.2) is 0 Å². The number of carbonyl (C=O) groups excluding carboxylic acids is 21. The van der Waals surface area contributed by atoms with Gasteiger partial charge in [-0.3, -0.25) is 105 Å². The lowest BCUT2D eigenvalue weighted by molar-refractivity contribution is -0.143. The fraction of sp³-hybridized carbons (Fsp3) is 0.711. The molecule has 1 aromatic rings. The first-order valence-corrected chi connectivity index (χ1v) is 49.0. The number of amides is 21. The van der Waals surface area contributed by atoms with E-state index in [0.717, 1.165) is 6.92 Å². The van der Waals surface area contributed by atoms with Crippen LogP contribution in [-0.4, -0.2) is 337 Å². The SMILES string of the molecule is CC(C)C[C@H](NC(=O)[C@H](CCCCN)NC(=O)[C@H](Cc1c[nH]cn1)NC(=O)[C@H](CC(C)C)NC(=O)[C@H](CCC(=O)O)NC(=O)[C@H](CCC(N)=O)NC(=O)[C@H](CO)NC(=O)[C@H](CC(C)C)NC(=O)[C@H](CCCCN)NC(=O)CNC(=O)[C@H](CC(C)C)NC(=O)[C@@H](NC(=O)[C@H](CS)NC(=O)[C@@H](NC(=O)[C@H](CO)NC(=O)[C@H](CC(C)C)NC(=O)[C@H](CC(N)=O)NC(=O)[C@@H](N)CO)[C@@H](C)O)C(C)C)C(=O)N[C@@H](CCC(N)=O)C(=O)O. The van der Waals surface area contributed by atoms with Crippen molar-refractivity contribution in [1.82, 2.24) is 106 Å². The number of aromatic amines is 1. The van der Waals surface area contributed by atoms with Gasteiger partial charge >= 0.3 is 11.9 Å². The minimum absolute atomic E-state index is 0.0350. The van der Waals surface area contributed by atoms with Crippen LogP contribution >= 0.6 is 12.6 Å². The number of imidazole rings is 1. The van der Waals surface area contributed by atoms with E-state index in [-0.39, 0.29) is 107 Å². The van der Waals surface area contributed by atoms with Gasteiger partial charge in [0.25, 0.3) is 0 Å². The maximum absolute atomic E-state index is 14.7. The van der Waals surface area contributed by atoms with Crippen LogP contribution in [0.1, 0.15) is 211 Å². The molecular formula is C90H156N26O29S. The van der Waals surface area contributed by atoms with Gasteiger partial charge in [-0.2, -0.15) is 12.6 Å². The molecule has 0 aliphatic heterocycles. The van der Waals surface area contributed by atoms with Crippen molar-refractivity contribution in [3.63, 3.8) is 0 Å². The summed E-state index contributed by atoms with van der Waals surface area (Å²) in [4.78, 5) is 320. The van der Waals surface area contributed by atoms with Gasteiger partial charge in [-0.1, -0.05) is 83.1 Å². The average Bonchev–Trinajstić information content (AvgIpc) is 0.870. The Balaban J connectivity index is 3.58. The number of rotatable bonds is 74. The summed E-state index contributed by atoms with van der Waals surface area (Å²) in [6, 6.07) is -29.5. The molecule has 1 heterocycles. The number of nitrogens with two attached hydrogens (primary N) is 6. The Morgan fingerprint density at radius 3 is 1.01 bits per heavy atom. The van der Waals surface area contributed by atoms with Crippen molar-refractivity contribution in [1.29, 1.82) is 0 Å². The number of aliphatic carboxylic acids is 2. The zero-order valence-electron chi connectivity index (χ0n) is 84.9. The molecule has 0 radical (unpaired) electrons. The Hall–Kier alpha value is -12.9. The molecule has 56 heteroatoms. The highest BCUT2D eigenvalue weighted by molar-refractivity contribution is 7.80. The minimum Gasteiger partial charge on any atom is -0.481 e. The van der Waals surface area contributed by atoms with E-state index in [1.165, 1.54) is 26.4 Å². The molecule has 146 heavy (non-hydrogen) atoms. The van der Waals surface area contributed by atoms with Crippen LogP contribution in [-0.2, 0) is 117 Å². The summed E-state index contributed by atoms with van der Waals surface area (Å²) in [6.45, 7) is 17.1. The number of primary amides is 3. The van der Waals surface area contributed by atoms with Crippen LogP contribution in [0.2, 0.25) is 0 Å². The van der Waals surface area contributed by atoms with Gasteiger partial charge in [0, 0.05) is 37.6 Å². The molecule has 0 bridgehead atoms. The first-order chi connectivity index (χ1) is 68.4. The number of carboxylic acid groups (broad SMARTS) is 2. The van der Waals surface area contributed by atoms with Gasteiger partial charge < -0.3 is 166 Å². The van der Waals surface area contributed by atoms with Crippen molar-refractivity contribution in [3.8, 4) is 0 Å². The quantitative estimate of drug-likeness (QED) is 0.0213. The van der Waals surface area contributed by atoms with Gasteiger partial charge in [-0.05, 0) is 145 Å². The Kier molecular flexibility index (Phi) is 61.5. The molecule has 0 aliphatic carbocycles. The third kappa shape index (κ3) is 51.2. The van der Waals surface area contributed by atoms with Crippen LogP contribution in [0.3, 0.4) is 0 Å². The molecule has 0 saturated heterocycles. The zero-order chi connectivity index (χ0) is 111. The Bertz CT molecular complexity index is 4490. The summed E-state index contributed by atoms with van der Waals surface area (Å²) in [5, 5.41) is 104. The monoisotopic (exact) mass is 2100 g/mol. The number of aliphatic hydroxyl groups is 4. The number of carboxylic acids is 2. The van der Waals surface area contributed by atoms with Gasteiger partial charge in [-0.25, -0.2) is 9.78 Å². The van der Waals surface area contributed by atoms with E-state index >= 15 is 0 Å². The predicted molar refractivity (Wildman–Crippen MR) is 526 cm³/mol. The Morgan fingerprint density at radius 1 is 0.342 bits per heavy atom. The smallest absolute Gasteiger partial charge is 0.326 e. The van der Waals surface area contributed by atoms with Crippen LogP contribution in [0.15, 0.2) is 12.5 Å². The highest BCUT2D eigenvalue weighted by Gasteiger charge is 2.42. The molecular weight excluding hydrogens is 1940 g/mol. The highest BCUT2D eigenvalue weighted by Crippen LogP contribution is 2.18. The summed E-state index contributed by atoms with van der Waals surface area (Å²) in [5.74, 6) is -28.4. The van der Waals surface area contributed by atoms with Crippen LogP contribution in [0.4, 0.5) is 0 Å². The van der Waals surface area contributed by atoms with E-state index < -0.39 is 339 Å². The molecule has 826 valence electrons. The molecule has 0 fully saturated rings.